The van der Waals surface area contributed by atoms with Crippen LogP contribution in [0.25, 0.3) is 0 Å². The van der Waals surface area contributed by atoms with Crippen LogP contribution in [0, 0.1) is 6.92 Å². The van der Waals surface area contributed by atoms with Gasteiger partial charge in [0.05, 0.1) is 16.8 Å². The lowest BCUT2D eigenvalue weighted by atomic mass is 10.1. The van der Waals surface area contributed by atoms with Gasteiger partial charge in [-0.1, -0.05) is 29.8 Å². The van der Waals surface area contributed by atoms with E-state index in [2.05, 4.69) is 15.6 Å². The van der Waals surface area contributed by atoms with E-state index in [4.69, 9.17) is 0 Å². The largest absolute Gasteiger partial charge is 0.507 e. The van der Waals surface area contributed by atoms with E-state index in [-0.39, 0.29) is 26.8 Å². The van der Waals surface area contributed by atoms with Crippen molar-refractivity contribution in [3.05, 3.63) is 76.7 Å². The minimum Gasteiger partial charge on any atom is -0.507 e. The minimum absolute atomic E-state index is 0.00279. The molecule has 0 spiro atoms. The molecule has 8 nitrogen and oxygen atoms in total. The molecule has 0 bridgehead atoms. The Kier molecular flexibility index (Phi) is 5.85. The van der Waals surface area contributed by atoms with Crippen molar-refractivity contribution in [2.24, 2.45) is 0 Å². The summed E-state index contributed by atoms with van der Waals surface area (Å²) in [6.45, 7) is 1.75. The predicted octanol–water partition coefficient (Wildman–Crippen LogP) is 2.64. The third-order valence-electron chi connectivity index (χ3n) is 3.86. The number of hydrazine groups is 1. The third-order valence-corrected chi connectivity index (χ3v) is 6.63. The molecule has 0 saturated carbocycles. The highest BCUT2D eigenvalue weighted by Crippen LogP contribution is 2.23. The van der Waals surface area contributed by atoms with Gasteiger partial charge in [0.1, 0.15) is 9.96 Å². The van der Waals surface area contributed by atoms with Crippen molar-refractivity contribution in [1.29, 1.82) is 0 Å². The number of anilines is 1. The lowest BCUT2D eigenvalue weighted by Gasteiger charge is -2.13. The van der Waals surface area contributed by atoms with Crippen LogP contribution in [0.3, 0.4) is 0 Å². The number of aromatic hydroxyl groups is 1. The first kappa shape index (κ1) is 20.4. The highest BCUT2D eigenvalue weighted by atomic mass is 32.2. The standard InChI is InChI=1S/C19H17N3O5S2/c1-12-8-9-16(23)14(11-12)19(25)21-20-18(24)13-5-2-3-6-15(13)22-29(26,27)17-7-4-10-28-17/h2-11,22-23H,1H3,(H,20,24)(H,21,25). The Morgan fingerprint density at radius 1 is 0.931 bits per heavy atom. The summed E-state index contributed by atoms with van der Waals surface area (Å²) in [5, 5.41) is 11.4. The Balaban J connectivity index is 1.75. The number of rotatable bonds is 5. The average molecular weight is 431 g/mol. The van der Waals surface area contributed by atoms with Crippen LogP contribution >= 0.6 is 11.3 Å². The molecule has 4 N–H and O–H groups in total. The summed E-state index contributed by atoms with van der Waals surface area (Å²) in [7, 11) is -3.84. The van der Waals surface area contributed by atoms with Gasteiger partial charge in [0.15, 0.2) is 0 Å². The molecule has 0 aliphatic carbocycles. The summed E-state index contributed by atoms with van der Waals surface area (Å²) in [6.07, 6.45) is 0. The van der Waals surface area contributed by atoms with Gasteiger partial charge in [-0.05, 0) is 42.6 Å². The maximum atomic E-state index is 12.5. The molecule has 10 heteroatoms. The molecule has 0 aliphatic heterocycles. The quantitative estimate of drug-likeness (QED) is 0.462. The van der Waals surface area contributed by atoms with Crippen LogP contribution < -0.4 is 15.6 Å². The molecule has 1 aromatic heterocycles. The van der Waals surface area contributed by atoms with Crippen LogP contribution in [0.1, 0.15) is 26.3 Å². The first-order valence-corrected chi connectivity index (χ1v) is 10.7. The van der Waals surface area contributed by atoms with E-state index in [9.17, 15) is 23.1 Å². The van der Waals surface area contributed by atoms with Crippen molar-refractivity contribution in [3.63, 3.8) is 0 Å². The fourth-order valence-corrected chi connectivity index (χ4v) is 4.53. The smallest absolute Gasteiger partial charge is 0.273 e. The van der Waals surface area contributed by atoms with Crippen LogP contribution in [0.4, 0.5) is 5.69 Å². The maximum Gasteiger partial charge on any atom is 0.273 e. The number of thiophene rings is 1. The van der Waals surface area contributed by atoms with Crippen LogP contribution in [0.2, 0.25) is 0 Å². The maximum absolute atomic E-state index is 12.5. The fourth-order valence-electron chi connectivity index (χ4n) is 2.46. The van der Waals surface area contributed by atoms with Gasteiger partial charge >= 0.3 is 0 Å². The van der Waals surface area contributed by atoms with E-state index in [0.717, 1.165) is 16.9 Å². The van der Waals surface area contributed by atoms with E-state index in [1.54, 1.807) is 36.6 Å². The van der Waals surface area contributed by atoms with E-state index in [0.29, 0.717) is 0 Å². The fraction of sp³-hybridized carbons (Fsp3) is 0.0526. The van der Waals surface area contributed by atoms with Gasteiger partial charge in [-0.15, -0.1) is 11.3 Å². The van der Waals surface area contributed by atoms with Gasteiger partial charge in [0.25, 0.3) is 21.8 Å². The molecule has 0 atom stereocenters. The number of sulfonamides is 1. The number of benzene rings is 2. The molecule has 0 aliphatic rings. The number of carbonyl (C=O) groups is 2. The average Bonchev–Trinajstić information content (AvgIpc) is 3.24. The Labute approximate surface area is 171 Å². The number of amides is 2. The molecule has 0 fully saturated rings. The number of phenolic OH excluding ortho intramolecular Hbond substituents is 1. The number of phenols is 1. The van der Waals surface area contributed by atoms with E-state index >= 15 is 0 Å². The van der Waals surface area contributed by atoms with Crippen molar-refractivity contribution in [2.75, 3.05) is 4.72 Å². The zero-order chi connectivity index (χ0) is 21.0. The molecular weight excluding hydrogens is 414 g/mol. The van der Waals surface area contributed by atoms with Crippen LogP contribution in [-0.2, 0) is 10.0 Å². The van der Waals surface area contributed by atoms with Gasteiger partial charge in [0.2, 0.25) is 0 Å². The number of aryl methyl sites for hydroxylation is 1. The number of nitrogens with one attached hydrogen (secondary N) is 3. The van der Waals surface area contributed by atoms with E-state index in [1.807, 2.05) is 0 Å². The van der Waals surface area contributed by atoms with Gasteiger partial charge in [0, 0.05) is 0 Å². The number of hydrogen-bond acceptors (Lipinski definition) is 6. The SMILES string of the molecule is Cc1ccc(O)c(C(=O)NNC(=O)c2ccccc2NS(=O)(=O)c2cccs2)c1. The van der Waals surface area contributed by atoms with Crippen LogP contribution in [-0.4, -0.2) is 25.3 Å². The van der Waals surface area contributed by atoms with Crippen molar-refractivity contribution in [3.8, 4) is 5.75 Å². The highest BCUT2D eigenvalue weighted by molar-refractivity contribution is 7.94. The molecule has 0 radical (unpaired) electrons. The number of hydrogen-bond donors (Lipinski definition) is 4. The first-order valence-electron chi connectivity index (χ1n) is 8.33. The van der Waals surface area contributed by atoms with Gasteiger partial charge < -0.3 is 5.11 Å². The lowest BCUT2D eigenvalue weighted by Crippen LogP contribution is -2.42. The molecule has 3 aromatic rings. The summed E-state index contributed by atoms with van der Waals surface area (Å²) in [4.78, 5) is 24.7. The second-order valence-electron chi connectivity index (χ2n) is 6.01. The minimum atomic E-state index is -3.84. The summed E-state index contributed by atoms with van der Waals surface area (Å²) < 4.78 is 27.3. The summed E-state index contributed by atoms with van der Waals surface area (Å²) in [5.74, 6) is -1.67. The number of carbonyl (C=O) groups excluding carboxylic acids is 2. The predicted molar refractivity (Wildman–Crippen MR) is 109 cm³/mol. The molecule has 3 rings (SSSR count). The molecule has 29 heavy (non-hydrogen) atoms. The Morgan fingerprint density at radius 2 is 1.62 bits per heavy atom. The van der Waals surface area contributed by atoms with Gasteiger partial charge in [-0.3, -0.25) is 25.2 Å². The summed E-state index contributed by atoms with van der Waals surface area (Å²) >= 11 is 1.05. The molecular formula is C19H17N3O5S2. The summed E-state index contributed by atoms with van der Waals surface area (Å²) in [6, 6.07) is 13.5. The first-order chi connectivity index (χ1) is 13.8. The molecule has 1 heterocycles. The van der Waals surface area contributed by atoms with Crippen LogP contribution in [0.5, 0.6) is 5.75 Å². The molecule has 2 amide bonds. The Bertz CT molecular complexity index is 1160. The third kappa shape index (κ3) is 4.73. The highest BCUT2D eigenvalue weighted by Gasteiger charge is 2.20. The van der Waals surface area contributed by atoms with E-state index in [1.165, 1.54) is 30.3 Å². The van der Waals surface area contributed by atoms with Crippen LogP contribution in [0.15, 0.2) is 64.2 Å². The second kappa shape index (κ2) is 8.33. The topological polar surface area (TPSA) is 125 Å². The monoisotopic (exact) mass is 431 g/mol. The second-order valence-corrected chi connectivity index (χ2v) is 8.87. The zero-order valence-corrected chi connectivity index (χ0v) is 16.8. The summed E-state index contributed by atoms with van der Waals surface area (Å²) in [5.41, 5.74) is 5.26. The molecule has 150 valence electrons. The van der Waals surface area contributed by atoms with Gasteiger partial charge in [-0.2, -0.15) is 0 Å². The Morgan fingerprint density at radius 3 is 2.31 bits per heavy atom. The van der Waals surface area contributed by atoms with Crippen molar-refractivity contribution < 1.29 is 23.1 Å². The van der Waals surface area contributed by atoms with Crippen molar-refractivity contribution >= 4 is 38.9 Å². The number of para-hydroxylation sites is 1. The molecule has 0 saturated heterocycles. The van der Waals surface area contributed by atoms with Gasteiger partial charge in [-0.25, -0.2) is 8.42 Å². The van der Waals surface area contributed by atoms with Crippen molar-refractivity contribution in [1.82, 2.24) is 10.9 Å². The zero-order valence-electron chi connectivity index (χ0n) is 15.2. The lowest BCUT2D eigenvalue weighted by molar-refractivity contribution is 0.0845. The van der Waals surface area contributed by atoms with Crippen molar-refractivity contribution in [2.45, 2.75) is 11.1 Å². The molecule has 0 unspecified atom stereocenters. The Hall–Kier alpha value is -3.37. The van der Waals surface area contributed by atoms with E-state index < -0.39 is 21.8 Å². The molecule has 2 aromatic carbocycles. The normalized spacial score (nSPS) is 10.9.